The van der Waals surface area contributed by atoms with E-state index in [1.165, 1.54) is 25.1 Å². The minimum Gasteiger partial charge on any atom is -0.358 e. The topological polar surface area (TPSA) is 6.48 Å². The first kappa shape index (κ1) is 10.2. The molecule has 2 aliphatic heterocycles. The minimum atomic E-state index is 0.375. The molecule has 16 heavy (non-hydrogen) atoms. The van der Waals surface area contributed by atoms with Crippen LogP contribution in [0.4, 0.5) is 5.69 Å². The summed E-state index contributed by atoms with van der Waals surface area (Å²) in [5.41, 5.74) is 3.37. The second kappa shape index (κ2) is 3.24. The third-order valence-electron chi connectivity index (χ3n) is 4.64. The Balaban J connectivity index is 2.20. The molecule has 1 saturated heterocycles. The van der Waals surface area contributed by atoms with Gasteiger partial charge >= 0.3 is 0 Å². The van der Waals surface area contributed by atoms with Crippen molar-refractivity contribution in [1.82, 2.24) is 4.90 Å². The molecule has 0 bridgehead atoms. The molecule has 2 heterocycles. The maximum atomic E-state index is 2.50. The van der Waals surface area contributed by atoms with E-state index in [2.05, 4.69) is 55.1 Å². The molecule has 0 amide bonds. The highest BCUT2D eigenvalue weighted by Gasteiger charge is 2.53. The number of hydrogen-bond acceptors (Lipinski definition) is 2. The summed E-state index contributed by atoms with van der Waals surface area (Å²) < 4.78 is 0. The summed E-state index contributed by atoms with van der Waals surface area (Å²) in [5.74, 6) is 0. The lowest BCUT2D eigenvalue weighted by atomic mass is 9.77. The molecule has 0 spiro atoms. The number of anilines is 1. The number of nitrogens with zero attached hydrogens (tertiary/aromatic N) is 2. The highest BCUT2D eigenvalue weighted by Crippen LogP contribution is 2.52. The van der Waals surface area contributed by atoms with Gasteiger partial charge in [0.25, 0.3) is 0 Å². The third-order valence-corrected chi connectivity index (χ3v) is 4.64. The summed E-state index contributed by atoms with van der Waals surface area (Å²) in [4.78, 5) is 4.97. The molecule has 1 aromatic rings. The predicted octanol–water partition coefficient (Wildman–Crippen LogP) is 2.45. The number of benzene rings is 1. The fraction of sp³-hybridized carbons (Fsp3) is 0.571. The highest BCUT2D eigenvalue weighted by atomic mass is 15.4. The highest BCUT2D eigenvalue weighted by molar-refractivity contribution is 5.64. The van der Waals surface area contributed by atoms with Crippen LogP contribution in [-0.2, 0) is 5.41 Å². The van der Waals surface area contributed by atoms with Crippen molar-refractivity contribution in [3.8, 4) is 0 Å². The molecule has 1 fully saturated rings. The molecular weight excluding hydrogens is 196 g/mol. The Labute approximate surface area is 97.9 Å². The van der Waals surface area contributed by atoms with Crippen molar-refractivity contribution in [3.63, 3.8) is 0 Å². The van der Waals surface area contributed by atoms with Crippen LogP contribution < -0.4 is 4.90 Å². The number of fused-ring (bicyclic) bond motifs is 3. The Kier molecular flexibility index (Phi) is 2.05. The normalized spacial score (nSPS) is 32.9. The average molecular weight is 216 g/mol. The first-order chi connectivity index (χ1) is 7.70. The lowest BCUT2D eigenvalue weighted by Gasteiger charge is -2.34. The molecule has 0 saturated carbocycles. The van der Waals surface area contributed by atoms with Crippen molar-refractivity contribution < 1.29 is 0 Å². The summed E-state index contributed by atoms with van der Waals surface area (Å²) >= 11 is 0. The summed E-state index contributed by atoms with van der Waals surface area (Å²) in [7, 11) is 4.49. The van der Waals surface area contributed by atoms with Crippen LogP contribution in [-0.4, -0.2) is 31.7 Å². The van der Waals surface area contributed by atoms with Gasteiger partial charge in [0.2, 0.25) is 0 Å². The first-order valence-electron chi connectivity index (χ1n) is 6.23. The van der Waals surface area contributed by atoms with Crippen LogP contribution in [0.15, 0.2) is 24.3 Å². The number of hydrogen-bond donors (Lipinski definition) is 0. The summed E-state index contributed by atoms with van der Waals surface area (Å²) in [6, 6.07) is 8.93. The molecule has 3 rings (SSSR count). The molecule has 86 valence electrons. The van der Waals surface area contributed by atoms with E-state index in [9.17, 15) is 0 Å². The second-order valence-electron chi connectivity index (χ2n) is 5.24. The zero-order chi connectivity index (χ0) is 11.3. The van der Waals surface area contributed by atoms with E-state index < -0.39 is 0 Å². The molecule has 2 nitrogen and oxygen atoms in total. The largest absolute Gasteiger partial charge is 0.358 e. The molecule has 0 aliphatic carbocycles. The molecule has 0 aromatic heterocycles. The van der Waals surface area contributed by atoms with E-state index >= 15 is 0 Å². The fourth-order valence-electron chi connectivity index (χ4n) is 3.87. The maximum Gasteiger partial charge on any atom is 0.0914 e. The van der Waals surface area contributed by atoms with Gasteiger partial charge in [0.05, 0.1) is 6.17 Å². The molecular formula is C14H20N2. The monoisotopic (exact) mass is 216 g/mol. The average Bonchev–Trinajstić information content (AvgIpc) is 2.78. The Morgan fingerprint density at radius 1 is 1.31 bits per heavy atom. The van der Waals surface area contributed by atoms with Gasteiger partial charge in [0.15, 0.2) is 0 Å². The van der Waals surface area contributed by atoms with Crippen LogP contribution in [0.5, 0.6) is 0 Å². The Morgan fingerprint density at radius 2 is 2.06 bits per heavy atom. The first-order valence-corrected chi connectivity index (χ1v) is 6.23. The van der Waals surface area contributed by atoms with Gasteiger partial charge in [0.1, 0.15) is 0 Å². The summed E-state index contributed by atoms with van der Waals surface area (Å²) in [5, 5.41) is 0. The van der Waals surface area contributed by atoms with E-state index in [0.29, 0.717) is 11.6 Å². The van der Waals surface area contributed by atoms with Crippen LogP contribution in [0.3, 0.4) is 0 Å². The van der Waals surface area contributed by atoms with Crippen molar-refractivity contribution in [2.45, 2.75) is 31.3 Å². The zero-order valence-corrected chi connectivity index (χ0v) is 10.4. The molecule has 0 unspecified atom stereocenters. The third kappa shape index (κ3) is 1.01. The zero-order valence-electron chi connectivity index (χ0n) is 10.4. The number of likely N-dealkylation sites (tertiary alicyclic amines) is 1. The van der Waals surface area contributed by atoms with Crippen LogP contribution >= 0.6 is 0 Å². The molecule has 2 heteroatoms. The van der Waals surface area contributed by atoms with Gasteiger partial charge in [-0.05, 0) is 31.5 Å². The van der Waals surface area contributed by atoms with Gasteiger partial charge in [-0.2, -0.15) is 0 Å². The Hall–Kier alpha value is -1.02. The smallest absolute Gasteiger partial charge is 0.0914 e. The quantitative estimate of drug-likeness (QED) is 0.711. The maximum absolute atomic E-state index is 2.50. The SMILES string of the molecule is CC[C@@]12CCN(C)[C@@H]1N(C)c1ccccc12. The van der Waals surface area contributed by atoms with Crippen molar-refractivity contribution in [2.75, 3.05) is 25.5 Å². The van der Waals surface area contributed by atoms with E-state index in [1.54, 1.807) is 5.56 Å². The van der Waals surface area contributed by atoms with Gasteiger partial charge in [0, 0.05) is 24.7 Å². The lowest BCUT2D eigenvalue weighted by molar-refractivity contribution is 0.252. The number of para-hydroxylation sites is 1. The van der Waals surface area contributed by atoms with E-state index in [-0.39, 0.29) is 0 Å². The lowest BCUT2D eigenvalue weighted by Crippen LogP contribution is -2.46. The molecule has 1 aromatic carbocycles. The number of likely N-dealkylation sites (N-methyl/N-ethyl adjacent to an activating group) is 2. The van der Waals surface area contributed by atoms with Crippen LogP contribution in [0, 0.1) is 0 Å². The van der Waals surface area contributed by atoms with E-state index in [0.717, 1.165) is 0 Å². The summed E-state index contributed by atoms with van der Waals surface area (Å²) in [6.07, 6.45) is 3.10. The van der Waals surface area contributed by atoms with Crippen molar-refractivity contribution in [3.05, 3.63) is 29.8 Å². The summed E-state index contributed by atoms with van der Waals surface area (Å²) in [6.45, 7) is 3.55. The van der Waals surface area contributed by atoms with Crippen LogP contribution in [0.2, 0.25) is 0 Å². The predicted molar refractivity (Wildman–Crippen MR) is 67.8 cm³/mol. The van der Waals surface area contributed by atoms with Crippen LogP contribution in [0.25, 0.3) is 0 Å². The van der Waals surface area contributed by atoms with Crippen LogP contribution in [0.1, 0.15) is 25.3 Å². The van der Waals surface area contributed by atoms with E-state index in [4.69, 9.17) is 0 Å². The van der Waals surface area contributed by atoms with Gasteiger partial charge in [-0.25, -0.2) is 0 Å². The van der Waals surface area contributed by atoms with Gasteiger partial charge < -0.3 is 4.90 Å². The molecule has 2 aliphatic rings. The van der Waals surface area contributed by atoms with Crippen molar-refractivity contribution >= 4 is 5.69 Å². The second-order valence-corrected chi connectivity index (χ2v) is 5.24. The molecule has 0 N–H and O–H groups in total. The Morgan fingerprint density at radius 3 is 2.81 bits per heavy atom. The Bertz CT molecular complexity index is 415. The number of rotatable bonds is 1. The fourth-order valence-corrected chi connectivity index (χ4v) is 3.87. The minimum absolute atomic E-state index is 0.375. The van der Waals surface area contributed by atoms with Crippen molar-refractivity contribution in [2.24, 2.45) is 0 Å². The van der Waals surface area contributed by atoms with Gasteiger partial charge in [-0.3, -0.25) is 4.90 Å². The standard InChI is InChI=1S/C14H20N2/c1-4-14-9-10-15(2)13(14)16(3)12-8-6-5-7-11(12)14/h5-8,13H,4,9-10H2,1-3H3/t13-,14+/m1/s1. The van der Waals surface area contributed by atoms with Gasteiger partial charge in [-0.15, -0.1) is 0 Å². The van der Waals surface area contributed by atoms with Crippen molar-refractivity contribution in [1.29, 1.82) is 0 Å². The molecule has 2 atom stereocenters. The van der Waals surface area contributed by atoms with E-state index in [1.807, 2.05) is 0 Å². The van der Waals surface area contributed by atoms with Gasteiger partial charge in [-0.1, -0.05) is 25.1 Å². The molecule has 0 radical (unpaired) electrons.